The minimum Gasteiger partial charge on any atom is -0.466 e. The average Bonchev–Trinajstić information content (AvgIpc) is 2.82. The van der Waals surface area contributed by atoms with E-state index in [1.54, 1.807) is 0 Å². The molecule has 1 aliphatic carbocycles. The van der Waals surface area contributed by atoms with Crippen molar-refractivity contribution in [1.29, 1.82) is 0 Å². The molecule has 1 saturated heterocycles. The lowest BCUT2D eigenvalue weighted by Crippen LogP contribution is -2.40. The predicted molar refractivity (Wildman–Crippen MR) is 73.9 cm³/mol. The van der Waals surface area contributed by atoms with E-state index in [2.05, 4.69) is 12.2 Å². The highest BCUT2D eigenvalue weighted by Crippen LogP contribution is 2.26. The lowest BCUT2D eigenvalue weighted by atomic mass is 9.85. The summed E-state index contributed by atoms with van der Waals surface area (Å²) in [6.45, 7) is 6.43. The second kappa shape index (κ2) is 7.25. The molecule has 0 aromatic carbocycles. The number of rotatable bonds is 5. The van der Waals surface area contributed by atoms with Gasteiger partial charge in [-0.05, 0) is 45.4 Å². The van der Waals surface area contributed by atoms with Gasteiger partial charge in [0.2, 0.25) is 0 Å². The minimum absolute atomic E-state index is 0.00781. The van der Waals surface area contributed by atoms with Crippen molar-refractivity contribution in [2.24, 2.45) is 11.8 Å². The molecule has 0 radical (unpaired) electrons. The van der Waals surface area contributed by atoms with Gasteiger partial charge in [-0.15, -0.1) is 0 Å². The number of carbonyl (C=O) groups excluding carboxylic acids is 1. The monoisotopic (exact) mass is 269 g/mol. The van der Waals surface area contributed by atoms with E-state index in [1.165, 1.54) is 6.42 Å². The van der Waals surface area contributed by atoms with Crippen molar-refractivity contribution in [3.05, 3.63) is 0 Å². The third-order valence-corrected chi connectivity index (χ3v) is 4.50. The molecule has 0 amide bonds. The van der Waals surface area contributed by atoms with Crippen LogP contribution in [0.1, 0.15) is 46.0 Å². The summed E-state index contributed by atoms with van der Waals surface area (Å²) in [4.78, 5) is 11.8. The van der Waals surface area contributed by atoms with Crippen molar-refractivity contribution < 1.29 is 14.3 Å². The van der Waals surface area contributed by atoms with Crippen LogP contribution in [0.15, 0.2) is 0 Å². The molecular formula is C15H27NO3. The summed E-state index contributed by atoms with van der Waals surface area (Å²) < 4.78 is 10.7. The molecule has 110 valence electrons. The number of esters is 1. The van der Waals surface area contributed by atoms with Crippen molar-refractivity contribution in [1.82, 2.24) is 5.32 Å². The van der Waals surface area contributed by atoms with E-state index >= 15 is 0 Å². The summed E-state index contributed by atoms with van der Waals surface area (Å²) >= 11 is 0. The molecule has 0 aromatic rings. The maximum Gasteiger partial charge on any atom is 0.308 e. The van der Waals surface area contributed by atoms with Gasteiger partial charge in [-0.2, -0.15) is 0 Å². The van der Waals surface area contributed by atoms with Crippen molar-refractivity contribution in [3.63, 3.8) is 0 Å². The van der Waals surface area contributed by atoms with E-state index in [1.807, 2.05) is 6.92 Å². The van der Waals surface area contributed by atoms with E-state index in [4.69, 9.17) is 9.47 Å². The molecule has 4 atom stereocenters. The Balaban J connectivity index is 1.73. The molecule has 1 saturated carbocycles. The van der Waals surface area contributed by atoms with Gasteiger partial charge in [0.05, 0.1) is 18.6 Å². The highest BCUT2D eigenvalue weighted by molar-refractivity contribution is 5.72. The van der Waals surface area contributed by atoms with Crippen LogP contribution in [0.4, 0.5) is 0 Å². The molecular weight excluding hydrogens is 242 g/mol. The fourth-order valence-corrected chi connectivity index (χ4v) is 3.21. The Bertz CT molecular complexity index is 295. The Morgan fingerprint density at radius 1 is 1.37 bits per heavy atom. The third kappa shape index (κ3) is 4.18. The van der Waals surface area contributed by atoms with Crippen LogP contribution >= 0.6 is 0 Å². The number of carbonyl (C=O) groups is 1. The summed E-state index contributed by atoms with van der Waals surface area (Å²) in [5.74, 6) is 0.720. The van der Waals surface area contributed by atoms with Gasteiger partial charge >= 0.3 is 5.97 Å². The second-order valence-corrected chi connectivity index (χ2v) is 5.85. The maximum atomic E-state index is 11.8. The first kappa shape index (κ1) is 14.8. The molecule has 1 heterocycles. The normalized spacial score (nSPS) is 35.3. The van der Waals surface area contributed by atoms with Gasteiger partial charge in [-0.1, -0.05) is 6.42 Å². The standard InChI is InChI=1S/C15H27NO3/c1-3-18-15(17)12-5-4-6-14(9-12)16-10-13-7-8-19-11(13)2/h11-14,16H,3-10H2,1-2H3. The largest absolute Gasteiger partial charge is 0.466 e. The van der Waals surface area contributed by atoms with Gasteiger partial charge in [-0.25, -0.2) is 0 Å². The fourth-order valence-electron chi connectivity index (χ4n) is 3.21. The van der Waals surface area contributed by atoms with Gasteiger partial charge in [-0.3, -0.25) is 4.79 Å². The van der Waals surface area contributed by atoms with E-state index in [0.29, 0.717) is 24.7 Å². The van der Waals surface area contributed by atoms with E-state index in [9.17, 15) is 4.79 Å². The van der Waals surface area contributed by atoms with E-state index < -0.39 is 0 Å². The van der Waals surface area contributed by atoms with Crippen molar-refractivity contribution >= 4 is 5.97 Å². The van der Waals surface area contributed by atoms with Gasteiger partial charge in [0.25, 0.3) is 0 Å². The Hall–Kier alpha value is -0.610. The molecule has 4 nitrogen and oxygen atoms in total. The summed E-state index contributed by atoms with van der Waals surface area (Å²) in [5.41, 5.74) is 0. The smallest absolute Gasteiger partial charge is 0.308 e. The lowest BCUT2D eigenvalue weighted by Gasteiger charge is -2.29. The van der Waals surface area contributed by atoms with Crippen molar-refractivity contribution in [2.75, 3.05) is 19.8 Å². The highest BCUT2D eigenvalue weighted by Gasteiger charge is 2.30. The van der Waals surface area contributed by atoms with Crippen molar-refractivity contribution in [2.45, 2.75) is 58.1 Å². The molecule has 2 fully saturated rings. The predicted octanol–water partition coefficient (Wildman–Crippen LogP) is 2.12. The Morgan fingerprint density at radius 2 is 2.21 bits per heavy atom. The molecule has 4 unspecified atom stereocenters. The molecule has 2 aliphatic rings. The van der Waals surface area contributed by atoms with Crippen LogP contribution in [0.2, 0.25) is 0 Å². The average molecular weight is 269 g/mol. The maximum absolute atomic E-state index is 11.8. The summed E-state index contributed by atoms with van der Waals surface area (Å²) in [6, 6.07) is 0.468. The summed E-state index contributed by atoms with van der Waals surface area (Å²) in [5, 5.41) is 3.63. The van der Waals surface area contributed by atoms with E-state index in [-0.39, 0.29) is 11.9 Å². The van der Waals surface area contributed by atoms with Gasteiger partial charge in [0.1, 0.15) is 0 Å². The zero-order valence-electron chi connectivity index (χ0n) is 12.2. The first-order valence-electron chi connectivity index (χ1n) is 7.72. The van der Waals surface area contributed by atoms with Gasteiger partial charge < -0.3 is 14.8 Å². The van der Waals surface area contributed by atoms with Crippen LogP contribution in [0.3, 0.4) is 0 Å². The fraction of sp³-hybridized carbons (Fsp3) is 0.933. The molecule has 4 heteroatoms. The molecule has 0 aromatic heterocycles. The van der Waals surface area contributed by atoms with E-state index in [0.717, 1.165) is 38.8 Å². The first-order chi connectivity index (χ1) is 9.20. The molecule has 2 rings (SSSR count). The Morgan fingerprint density at radius 3 is 2.89 bits per heavy atom. The molecule has 0 bridgehead atoms. The SMILES string of the molecule is CCOC(=O)C1CCCC(NCC2CCOC2C)C1. The summed E-state index contributed by atoms with van der Waals surface area (Å²) in [6.07, 6.45) is 5.75. The van der Waals surface area contributed by atoms with Crippen LogP contribution in [-0.4, -0.2) is 37.9 Å². The van der Waals surface area contributed by atoms with Gasteiger partial charge in [0, 0.05) is 19.2 Å². The highest BCUT2D eigenvalue weighted by atomic mass is 16.5. The van der Waals surface area contributed by atoms with Crippen LogP contribution < -0.4 is 5.32 Å². The lowest BCUT2D eigenvalue weighted by molar-refractivity contribution is -0.149. The van der Waals surface area contributed by atoms with Crippen LogP contribution in [0, 0.1) is 11.8 Å². The Labute approximate surface area is 116 Å². The van der Waals surface area contributed by atoms with Crippen LogP contribution in [0.25, 0.3) is 0 Å². The number of nitrogens with one attached hydrogen (secondary N) is 1. The molecule has 0 spiro atoms. The molecule has 19 heavy (non-hydrogen) atoms. The second-order valence-electron chi connectivity index (χ2n) is 5.85. The number of hydrogen-bond donors (Lipinski definition) is 1. The first-order valence-corrected chi connectivity index (χ1v) is 7.72. The zero-order chi connectivity index (χ0) is 13.7. The third-order valence-electron chi connectivity index (χ3n) is 4.50. The van der Waals surface area contributed by atoms with Crippen LogP contribution in [-0.2, 0) is 14.3 Å². The quantitative estimate of drug-likeness (QED) is 0.777. The minimum atomic E-state index is -0.00781. The molecule has 1 N–H and O–H groups in total. The molecule has 1 aliphatic heterocycles. The number of ether oxygens (including phenoxy) is 2. The number of hydrogen-bond acceptors (Lipinski definition) is 4. The van der Waals surface area contributed by atoms with Crippen LogP contribution in [0.5, 0.6) is 0 Å². The van der Waals surface area contributed by atoms with Gasteiger partial charge in [0.15, 0.2) is 0 Å². The Kier molecular flexibility index (Phi) is 5.64. The topological polar surface area (TPSA) is 47.6 Å². The summed E-state index contributed by atoms with van der Waals surface area (Å²) in [7, 11) is 0. The zero-order valence-corrected chi connectivity index (χ0v) is 12.2. The van der Waals surface area contributed by atoms with Crippen molar-refractivity contribution in [3.8, 4) is 0 Å².